The zero-order valence-electron chi connectivity index (χ0n) is 13.9. The third-order valence-electron chi connectivity index (χ3n) is 4.13. The summed E-state index contributed by atoms with van der Waals surface area (Å²) in [6.45, 7) is 6.91. The smallest absolute Gasteiger partial charge is 0.0322 e. The summed E-state index contributed by atoms with van der Waals surface area (Å²) in [5.74, 6) is 0.930. The van der Waals surface area contributed by atoms with Gasteiger partial charge in [-0.25, -0.2) is 0 Å². The Kier molecular flexibility index (Phi) is 15.6. The molecule has 0 bridgehead atoms. The maximum Gasteiger partial charge on any atom is -0.0322 e. The zero-order chi connectivity index (χ0) is 14.2. The Morgan fingerprint density at radius 3 is 1.89 bits per heavy atom. The van der Waals surface area contributed by atoms with Crippen molar-refractivity contribution in [1.29, 1.82) is 0 Å². The topological polar surface area (TPSA) is 0 Å². The van der Waals surface area contributed by atoms with Crippen LogP contribution >= 0.6 is 0 Å². The van der Waals surface area contributed by atoms with E-state index in [1.54, 1.807) is 0 Å². The second kappa shape index (κ2) is 15.8. The fourth-order valence-corrected chi connectivity index (χ4v) is 2.70. The monoisotopic (exact) mass is 266 g/mol. The van der Waals surface area contributed by atoms with Crippen LogP contribution in [0.25, 0.3) is 0 Å². The fourth-order valence-electron chi connectivity index (χ4n) is 2.70. The van der Waals surface area contributed by atoms with E-state index < -0.39 is 0 Å². The zero-order valence-corrected chi connectivity index (χ0v) is 13.9. The molecular weight excluding hydrogens is 228 g/mol. The number of unbranched alkanes of at least 4 members (excludes halogenated alkanes) is 8. The van der Waals surface area contributed by atoms with Crippen molar-refractivity contribution in [2.45, 2.75) is 104 Å². The fraction of sp³-hybridized carbons (Fsp3) is 0.895. The first-order chi connectivity index (χ1) is 9.35. The van der Waals surface area contributed by atoms with Crippen molar-refractivity contribution in [3.63, 3.8) is 0 Å². The Bertz CT molecular complexity index is 180. The Hall–Kier alpha value is -0.260. The highest BCUT2D eigenvalue weighted by atomic mass is 14.1. The van der Waals surface area contributed by atoms with Crippen LogP contribution < -0.4 is 0 Å². The van der Waals surface area contributed by atoms with Gasteiger partial charge in [-0.05, 0) is 25.2 Å². The van der Waals surface area contributed by atoms with E-state index in [0.717, 1.165) is 5.92 Å². The molecule has 0 saturated carbocycles. The van der Waals surface area contributed by atoms with Gasteiger partial charge in [-0.3, -0.25) is 0 Å². The molecule has 0 rings (SSSR count). The minimum atomic E-state index is 0.930. The summed E-state index contributed by atoms with van der Waals surface area (Å²) >= 11 is 0. The molecule has 19 heavy (non-hydrogen) atoms. The highest BCUT2D eigenvalue weighted by Crippen LogP contribution is 2.16. The van der Waals surface area contributed by atoms with Crippen LogP contribution in [0.2, 0.25) is 0 Å². The molecule has 0 heteroatoms. The molecule has 0 spiro atoms. The molecule has 0 saturated heterocycles. The highest BCUT2D eigenvalue weighted by molar-refractivity contribution is 4.83. The molecule has 0 heterocycles. The molecule has 0 aromatic carbocycles. The largest absolute Gasteiger partial charge is 0.0885 e. The molecule has 0 aliphatic heterocycles. The van der Waals surface area contributed by atoms with Crippen molar-refractivity contribution in [3.05, 3.63) is 12.2 Å². The summed E-state index contributed by atoms with van der Waals surface area (Å²) in [5.41, 5.74) is 0. The first-order valence-electron chi connectivity index (χ1n) is 9.00. The van der Waals surface area contributed by atoms with E-state index in [2.05, 4.69) is 32.9 Å². The summed E-state index contributed by atoms with van der Waals surface area (Å²) in [5, 5.41) is 0. The lowest BCUT2D eigenvalue weighted by atomic mass is 9.96. The van der Waals surface area contributed by atoms with E-state index in [-0.39, 0.29) is 0 Å². The molecule has 0 fully saturated rings. The molecule has 0 amide bonds. The van der Waals surface area contributed by atoms with Gasteiger partial charge < -0.3 is 0 Å². The van der Waals surface area contributed by atoms with Crippen LogP contribution in [0.1, 0.15) is 104 Å². The van der Waals surface area contributed by atoms with Gasteiger partial charge in [0.15, 0.2) is 0 Å². The van der Waals surface area contributed by atoms with Crippen LogP contribution in [0.3, 0.4) is 0 Å². The number of rotatable bonds is 14. The SMILES string of the molecule is CCCCCCCCCCC=CCC(CC)CCC. The standard InChI is InChI=1S/C19H38/c1-4-7-8-9-10-11-12-13-14-15-16-18-19(6-3)17-5-2/h15-16,19H,4-14,17-18H2,1-3H3. The molecular formula is C19H38. The van der Waals surface area contributed by atoms with E-state index in [9.17, 15) is 0 Å². The van der Waals surface area contributed by atoms with Crippen LogP contribution in [0.15, 0.2) is 12.2 Å². The quantitative estimate of drug-likeness (QED) is 0.229. The van der Waals surface area contributed by atoms with Crippen LogP contribution in [0.5, 0.6) is 0 Å². The van der Waals surface area contributed by atoms with Crippen molar-refractivity contribution in [3.8, 4) is 0 Å². The lowest BCUT2D eigenvalue weighted by Gasteiger charge is -2.09. The van der Waals surface area contributed by atoms with Gasteiger partial charge in [0.2, 0.25) is 0 Å². The van der Waals surface area contributed by atoms with Gasteiger partial charge in [-0.15, -0.1) is 0 Å². The maximum absolute atomic E-state index is 2.44. The Morgan fingerprint density at radius 2 is 1.32 bits per heavy atom. The normalized spacial score (nSPS) is 13.2. The number of hydrogen-bond acceptors (Lipinski definition) is 0. The van der Waals surface area contributed by atoms with E-state index in [0.29, 0.717) is 0 Å². The van der Waals surface area contributed by atoms with Crippen molar-refractivity contribution in [1.82, 2.24) is 0 Å². The van der Waals surface area contributed by atoms with Crippen LogP contribution in [-0.4, -0.2) is 0 Å². The van der Waals surface area contributed by atoms with Gasteiger partial charge in [0.25, 0.3) is 0 Å². The van der Waals surface area contributed by atoms with Gasteiger partial charge in [0, 0.05) is 0 Å². The first kappa shape index (κ1) is 18.7. The van der Waals surface area contributed by atoms with Crippen molar-refractivity contribution >= 4 is 0 Å². The number of allylic oxidation sites excluding steroid dienone is 2. The highest BCUT2D eigenvalue weighted by Gasteiger charge is 2.01. The van der Waals surface area contributed by atoms with Crippen molar-refractivity contribution in [2.75, 3.05) is 0 Å². The summed E-state index contributed by atoms with van der Waals surface area (Å²) in [6.07, 6.45) is 23.0. The van der Waals surface area contributed by atoms with Gasteiger partial charge >= 0.3 is 0 Å². The molecule has 0 aromatic heterocycles. The summed E-state index contributed by atoms with van der Waals surface area (Å²) < 4.78 is 0. The predicted octanol–water partition coefficient (Wildman–Crippen LogP) is 7.29. The molecule has 0 aromatic rings. The lowest BCUT2D eigenvalue weighted by molar-refractivity contribution is 0.469. The molecule has 0 N–H and O–H groups in total. The molecule has 0 nitrogen and oxygen atoms in total. The average molecular weight is 267 g/mol. The second-order valence-corrected chi connectivity index (χ2v) is 6.03. The second-order valence-electron chi connectivity index (χ2n) is 6.03. The van der Waals surface area contributed by atoms with Gasteiger partial charge in [-0.2, -0.15) is 0 Å². The molecule has 114 valence electrons. The Morgan fingerprint density at radius 1 is 0.684 bits per heavy atom. The first-order valence-corrected chi connectivity index (χ1v) is 9.00. The third kappa shape index (κ3) is 14.0. The van der Waals surface area contributed by atoms with Gasteiger partial charge in [0.1, 0.15) is 0 Å². The van der Waals surface area contributed by atoms with Crippen LogP contribution in [0.4, 0.5) is 0 Å². The molecule has 1 atom stereocenters. The molecule has 0 aliphatic carbocycles. The molecule has 0 aliphatic rings. The third-order valence-corrected chi connectivity index (χ3v) is 4.13. The van der Waals surface area contributed by atoms with Crippen LogP contribution in [0, 0.1) is 5.92 Å². The minimum Gasteiger partial charge on any atom is -0.0885 e. The Labute approximate surface area is 123 Å². The van der Waals surface area contributed by atoms with Crippen molar-refractivity contribution < 1.29 is 0 Å². The van der Waals surface area contributed by atoms with E-state index in [1.165, 1.54) is 83.5 Å². The molecule has 0 radical (unpaired) electrons. The summed E-state index contributed by atoms with van der Waals surface area (Å²) in [6, 6.07) is 0. The predicted molar refractivity (Wildman–Crippen MR) is 89.7 cm³/mol. The lowest BCUT2D eigenvalue weighted by Crippen LogP contribution is -1.95. The maximum atomic E-state index is 2.44. The van der Waals surface area contributed by atoms with Crippen molar-refractivity contribution in [2.24, 2.45) is 5.92 Å². The summed E-state index contributed by atoms with van der Waals surface area (Å²) in [7, 11) is 0. The van der Waals surface area contributed by atoms with E-state index in [1.807, 2.05) is 0 Å². The van der Waals surface area contributed by atoms with Crippen LogP contribution in [-0.2, 0) is 0 Å². The molecule has 1 unspecified atom stereocenters. The van der Waals surface area contributed by atoms with Gasteiger partial charge in [-0.1, -0.05) is 97.1 Å². The van der Waals surface area contributed by atoms with E-state index in [4.69, 9.17) is 0 Å². The number of hydrogen-bond donors (Lipinski definition) is 0. The van der Waals surface area contributed by atoms with Gasteiger partial charge in [0.05, 0.1) is 0 Å². The summed E-state index contributed by atoms with van der Waals surface area (Å²) in [4.78, 5) is 0. The Balaban J connectivity index is 3.24. The minimum absolute atomic E-state index is 0.930. The average Bonchev–Trinajstić information content (AvgIpc) is 2.43. The van der Waals surface area contributed by atoms with E-state index >= 15 is 0 Å².